The summed E-state index contributed by atoms with van der Waals surface area (Å²) in [6, 6.07) is 5.77. The second-order valence-electron chi connectivity index (χ2n) is 6.13. The second kappa shape index (κ2) is 10.7. The highest BCUT2D eigenvalue weighted by atomic mass is 127. The lowest BCUT2D eigenvalue weighted by Gasteiger charge is -2.24. The molecule has 1 heterocycles. The molecular formula is C18H30IN3O3. The van der Waals surface area contributed by atoms with E-state index in [1.165, 1.54) is 0 Å². The van der Waals surface area contributed by atoms with E-state index in [2.05, 4.69) is 29.5 Å². The van der Waals surface area contributed by atoms with Crippen molar-refractivity contribution in [3.05, 3.63) is 23.8 Å². The summed E-state index contributed by atoms with van der Waals surface area (Å²) in [7, 11) is 3.30. The molecule has 1 aromatic rings. The van der Waals surface area contributed by atoms with Gasteiger partial charge in [-0.05, 0) is 38.8 Å². The zero-order valence-corrected chi connectivity index (χ0v) is 17.9. The van der Waals surface area contributed by atoms with Crippen LogP contribution in [0.2, 0.25) is 0 Å². The van der Waals surface area contributed by atoms with Gasteiger partial charge in [-0.15, -0.1) is 24.0 Å². The van der Waals surface area contributed by atoms with E-state index in [-0.39, 0.29) is 29.6 Å². The molecule has 0 spiro atoms. The smallest absolute Gasteiger partial charge is 0.191 e. The SMILES string of the molecule is CCNC(=NCc1ccc(OC)cc1OC)NCC1(C)CCCO1.I. The third-order valence-corrected chi connectivity index (χ3v) is 4.18. The average molecular weight is 463 g/mol. The lowest BCUT2D eigenvalue weighted by molar-refractivity contribution is 0.0243. The van der Waals surface area contributed by atoms with Gasteiger partial charge in [0.1, 0.15) is 11.5 Å². The van der Waals surface area contributed by atoms with Crippen LogP contribution in [-0.4, -0.2) is 45.5 Å². The number of halogens is 1. The van der Waals surface area contributed by atoms with E-state index >= 15 is 0 Å². The van der Waals surface area contributed by atoms with Crippen LogP contribution in [0.25, 0.3) is 0 Å². The molecule has 1 atom stereocenters. The first-order valence-electron chi connectivity index (χ1n) is 8.47. The van der Waals surface area contributed by atoms with Crippen LogP contribution in [-0.2, 0) is 11.3 Å². The standard InChI is InChI=1S/C18H29N3O3.HI/c1-5-19-17(21-13-18(2)9-6-10-24-18)20-12-14-7-8-15(22-3)11-16(14)23-4;/h7-8,11H,5-6,9-10,12-13H2,1-4H3,(H2,19,20,21);1H. The number of ether oxygens (including phenoxy) is 3. The Morgan fingerprint density at radius 2 is 2.08 bits per heavy atom. The van der Waals surface area contributed by atoms with Crippen LogP contribution in [0.4, 0.5) is 0 Å². The van der Waals surface area contributed by atoms with Crippen molar-refractivity contribution in [1.29, 1.82) is 0 Å². The van der Waals surface area contributed by atoms with Crippen LogP contribution in [0, 0.1) is 0 Å². The van der Waals surface area contributed by atoms with E-state index in [1.807, 2.05) is 18.2 Å². The molecule has 2 rings (SSSR count). The molecule has 6 nitrogen and oxygen atoms in total. The lowest BCUT2D eigenvalue weighted by atomic mass is 10.0. The first-order valence-corrected chi connectivity index (χ1v) is 8.47. The molecule has 2 N–H and O–H groups in total. The summed E-state index contributed by atoms with van der Waals surface area (Å²) >= 11 is 0. The normalized spacial score (nSPS) is 19.9. The molecule has 1 aromatic carbocycles. The van der Waals surface area contributed by atoms with E-state index in [9.17, 15) is 0 Å². The van der Waals surface area contributed by atoms with Gasteiger partial charge in [-0.25, -0.2) is 4.99 Å². The molecule has 1 unspecified atom stereocenters. The number of rotatable bonds is 7. The van der Waals surface area contributed by atoms with E-state index in [4.69, 9.17) is 14.2 Å². The fourth-order valence-electron chi connectivity index (χ4n) is 2.74. The molecule has 1 saturated heterocycles. The molecule has 1 fully saturated rings. The Bertz CT molecular complexity index is 560. The van der Waals surface area contributed by atoms with Gasteiger partial charge in [-0.1, -0.05) is 0 Å². The molecule has 0 amide bonds. The van der Waals surface area contributed by atoms with Gasteiger partial charge in [0.2, 0.25) is 0 Å². The van der Waals surface area contributed by atoms with Crippen LogP contribution < -0.4 is 20.1 Å². The number of benzene rings is 1. The monoisotopic (exact) mass is 463 g/mol. The summed E-state index contributed by atoms with van der Waals surface area (Å²) in [5.41, 5.74) is 0.910. The number of methoxy groups -OCH3 is 2. The number of hydrogen-bond donors (Lipinski definition) is 2. The second-order valence-corrected chi connectivity index (χ2v) is 6.13. The summed E-state index contributed by atoms with van der Waals surface area (Å²) in [5, 5.41) is 6.65. The predicted molar refractivity (Wildman–Crippen MR) is 111 cm³/mol. The highest BCUT2D eigenvalue weighted by Crippen LogP contribution is 2.25. The number of hydrogen-bond acceptors (Lipinski definition) is 4. The highest BCUT2D eigenvalue weighted by Gasteiger charge is 2.29. The Hall–Kier alpha value is -1.22. The van der Waals surface area contributed by atoms with Crippen LogP contribution in [0.1, 0.15) is 32.3 Å². The number of nitrogens with one attached hydrogen (secondary N) is 2. The minimum Gasteiger partial charge on any atom is -0.497 e. The van der Waals surface area contributed by atoms with Crippen molar-refractivity contribution in [2.45, 2.75) is 38.8 Å². The van der Waals surface area contributed by atoms with Crippen molar-refractivity contribution in [2.24, 2.45) is 4.99 Å². The van der Waals surface area contributed by atoms with Crippen molar-refractivity contribution in [3.8, 4) is 11.5 Å². The van der Waals surface area contributed by atoms with Crippen LogP contribution in [0.5, 0.6) is 11.5 Å². The molecule has 7 heteroatoms. The van der Waals surface area contributed by atoms with Gasteiger partial charge in [0.05, 0.1) is 26.4 Å². The van der Waals surface area contributed by atoms with E-state index < -0.39 is 0 Å². The molecule has 0 aromatic heterocycles. The van der Waals surface area contributed by atoms with Gasteiger partial charge in [-0.3, -0.25) is 0 Å². The minimum absolute atomic E-state index is 0. The summed E-state index contributed by atoms with van der Waals surface area (Å²) in [6.45, 7) is 7.12. The quantitative estimate of drug-likeness (QED) is 0.370. The molecule has 0 aliphatic carbocycles. The number of aliphatic imine (C=N–C) groups is 1. The highest BCUT2D eigenvalue weighted by molar-refractivity contribution is 14.0. The minimum atomic E-state index is -0.103. The summed E-state index contributed by atoms with van der Waals surface area (Å²) < 4.78 is 16.5. The third-order valence-electron chi connectivity index (χ3n) is 4.18. The molecular weight excluding hydrogens is 433 g/mol. The van der Waals surface area contributed by atoms with Gasteiger partial charge in [0.15, 0.2) is 5.96 Å². The van der Waals surface area contributed by atoms with Crippen molar-refractivity contribution in [3.63, 3.8) is 0 Å². The Kier molecular flexibility index (Phi) is 9.34. The maximum atomic E-state index is 5.81. The summed E-state index contributed by atoms with van der Waals surface area (Å²) in [6.07, 6.45) is 2.20. The average Bonchev–Trinajstić information content (AvgIpc) is 3.04. The Morgan fingerprint density at radius 1 is 1.28 bits per heavy atom. The van der Waals surface area contributed by atoms with Crippen molar-refractivity contribution >= 4 is 29.9 Å². The first-order chi connectivity index (χ1) is 11.6. The largest absolute Gasteiger partial charge is 0.497 e. The van der Waals surface area contributed by atoms with Crippen LogP contribution in [0.15, 0.2) is 23.2 Å². The molecule has 0 saturated carbocycles. The van der Waals surface area contributed by atoms with Crippen molar-refractivity contribution < 1.29 is 14.2 Å². The van der Waals surface area contributed by atoms with Gasteiger partial charge in [0.25, 0.3) is 0 Å². The van der Waals surface area contributed by atoms with E-state index in [0.717, 1.165) is 55.6 Å². The van der Waals surface area contributed by atoms with Crippen molar-refractivity contribution in [2.75, 3.05) is 33.9 Å². The van der Waals surface area contributed by atoms with E-state index in [0.29, 0.717) is 6.54 Å². The summed E-state index contributed by atoms with van der Waals surface area (Å²) in [5.74, 6) is 2.34. The van der Waals surface area contributed by atoms with Gasteiger partial charge in [0, 0.05) is 31.3 Å². The molecule has 0 bridgehead atoms. The summed E-state index contributed by atoms with van der Waals surface area (Å²) in [4.78, 5) is 4.66. The first kappa shape index (κ1) is 21.8. The number of guanidine groups is 1. The Balaban J connectivity index is 0.00000312. The topological polar surface area (TPSA) is 64.1 Å². The predicted octanol–water partition coefficient (Wildman–Crippen LogP) is 2.95. The molecule has 1 aliphatic heterocycles. The Labute approximate surface area is 167 Å². The molecule has 1 aliphatic rings. The van der Waals surface area contributed by atoms with Gasteiger partial charge in [-0.2, -0.15) is 0 Å². The van der Waals surface area contributed by atoms with Crippen molar-refractivity contribution in [1.82, 2.24) is 10.6 Å². The molecule has 142 valence electrons. The number of nitrogens with zero attached hydrogens (tertiary/aromatic N) is 1. The lowest BCUT2D eigenvalue weighted by Crippen LogP contribution is -2.45. The maximum Gasteiger partial charge on any atom is 0.191 e. The van der Waals surface area contributed by atoms with Gasteiger partial charge >= 0.3 is 0 Å². The molecule has 25 heavy (non-hydrogen) atoms. The fourth-order valence-corrected chi connectivity index (χ4v) is 2.74. The molecule has 0 radical (unpaired) electrons. The van der Waals surface area contributed by atoms with Crippen LogP contribution in [0.3, 0.4) is 0 Å². The Morgan fingerprint density at radius 3 is 2.68 bits per heavy atom. The zero-order chi connectivity index (χ0) is 17.4. The zero-order valence-electron chi connectivity index (χ0n) is 15.6. The maximum absolute atomic E-state index is 5.81. The van der Waals surface area contributed by atoms with Crippen LogP contribution >= 0.6 is 24.0 Å². The third kappa shape index (κ3) is 6.54. The van der Waals surface area contributed by atoms with E-state index in [1.54, 1.807) is 14.2 Å². The fraction of sp³-hybridized carbons (Fsp3) is 0.611. The van der Waals surface area contributed by atoms with Gasteiger partial charge < -0.3 is 24.8 Å².